The van der Waals surface area contributed by atoms with Gasteiger partial charge >= 0.3 is 0 Å². The van der Waals surface area contributed by atoms with Crippen LogP contribution in [0.2, 0.25) is 0 Å². The zero-order chi connectivity index (χ0) is 12.6. The minimum absolute atomic E-state index is 0.705. The fourth-order valence-corrected chi connectivity index (χ4v) is 1.29. The van der Waals surface area contributed by atoms with Gasteiger partial charge in [-0.1, -0.05) is 6.07 Å². The molecule has 6 nitrogen and oxygen atoms in total. The molecule has 1 aromatic heterocycles. The van der Waals surface area contributed by atoms with Crippen molar-refractivity contribution in [1.29, 1.82) is 0 Å². The van der Waals surface area contributed by atoms with Gasteiger partial charge in [0.15, 0.2) is 0 Å². The minimum Gasteiger partial charge on any atom is -0.261 e. The fraction of sp³-hybridized carbons (Fsp3) is 0.375. The zero-order valence-corrected chi connectivity index (χ0v) is 10.1. The van der Waals surface area contributed by atoms with Crippen molar-refractivity contribution in [2.24, 2.45) is 0 Å². The minimum atomic E-state index is -4.69. The maximum atomic E-state index is 10.7. The van der Waals surface area contributed by atoms with E-state index in [1.165, 1.54) is 0 Å². The number of hydrogen-bond donors (Lipinski definition) is 1. The van der Waals surface area contributed by atoms with E-state index in [9.17, 15) is 4.21 Å². The Bertz CT molecular complexity index is 310. The fourth-order valence-electron chi connectivity index (χ4n) is 0.794. The van der Waals surface area contributed by atoms with Gasteiger partial charge in [0.2, 0.25) is 0 Å². The number of nitrogens with zero attached hydrogens (tertiary/aromatic N) is 1. The first-order chi connectivity index (χ1) is 7.29. The average molecular weight is 270 g/mol. The number of pyridine rings is 1. The monoisotopic (exact) mass is 269 g/mol. The highest BCUT2D eigenvalue weighted by molar-refractivity contribution is 7.84. The molecule has 1 rings (SSSR count). The predicted molar refractivity (Wildman–Crippen MR) is 49.1 cm³/mol. The van der Waals surface area contributed by atoms with Crippen molar-refractivity contribution >= 4 is 10.8 Å². The summed E-state index contributed by atoms with van der Waals surface area (Å²) >= 11 is 0. The molecule has 1 aromatic rings. The van der Waals surface area contributed by atoms with Gasteiger partial charge in [-0.15, -0.1) is 0 Å². The summed E-state index contributed by atoms with van der Waals surface area (Å²) in [6.45, 7) is 0. The summed E-state index contributed by atoms with van der Waals surface area (Å²) in [6.07, 6.45) is 4.28. The Morgan fingerprint density at radius 3 is 2.38 bits per heavy atom. The van der Waals surface area contributed by atoms with Crippen molar-refractivity contribution in [2.75, 3.05) is 12.0 Å². The second-order valence-corrected chi connectivity index (χ2v) is 5.09. The first-order valence-electron chi connectivity index (χ1n) is 4.12. The largest absolute Gasteiger partial charge is 0.261 e. The summed E-state index contributed by atoms with van der Waals surface area (Å²) in [5.74, 6) is 0.705. The maximum absolute atomic E-state index is 10.7. The standard InChI is InChI=1S/C8H11NOS.ClHO4/c1-11(10)7-5-8-4-2-3-6-9-8;2-1(3,4)5/h2-4,6H,5,7H2,1H3;(H,2,3,4,5). The van der Waals surface area contributed by atoms with Crippen LogP contribution in [0.4, 0.5) is 0 Å². The molecule has 0 saturated carbocycles. The van der Waals surface area contributed by atoms with Crippen LogP contribution >= 0.6 is 0 Å². The molecule has 0 fully saturated rings. The molecule has 0 aliphatic carbocycles. The Morgan fingerprint density at radius 2 is 2.00 bits per heavy atom. The van der Waals surface area contributed by atoms with Crippen LogP contribution in [-0.2, 0) is 17.2 Å². The summed E-state index contributed by atoms with van der Waals surface area (Å²) in [5, 5.41) is 0. The van der Waals surface area contributed by atoms with Crippen molar-refractivity contribution in [3.8, 4) is 0 Å². The van der Waals surface area contributed by atoms with E-state index in [0.717, 1.165) is 12.1 Å². The highest BCUT2D eigenvalue weighted by Crippen LogP contribution is 1.94. The van der Waals surface area contributed by atoms with Crippen molar-refractivity contribution in [1.82, 2.24) is 4.98 Å². The number of aromatic nitrogens is 1. The molecule has 0 aromatic carbocycles. The Hall–Kier alpha value is -0.570. The van der Waals surface area contributed by atoms with E-state index < -0.39 is 21.0 Å². The molecule has 16 heavy (non-hydrogen) atoms. The van der Waals surface area contributed by atoms with Crippen LogP contribution in [0.15, 0.2) is 24.4 Å². The van der Waals surface area contributed by atoms with Crippen molar-refractivity contribution in [3.63, 3.8) is 0 Å². The molecular weight excluding hydrogens is 258 g/mol. The van der Waals surface area contributed by atoms with Crippen LogP contribution < -0.4 is 14.0 Å². The third-order valence-electron chi connectivity index (χ3n) is 1.37. The second kappa shape index (κ2) is 7.66. The lowest BCUT2D eigenvalue weighted by atomic mass is 10.3. The molecule has 0 radical (unpaired) electrons. The molecule has 0 saturated heterocycles. The van der Waals surface area contributed by atoms with E-state index >= 15 is 0 Å². The smallest absolute Gasteiger partial charge is 0.0777 e. The maximum Gasteiger partial charge on any atom is 0.0777 e. The van der Waals surface area contributed by atoms with Gasteiger partial charge in [0.25, 0.3) is 0 Å². The average Bonchev–Trinajstić information content (AvgIpc) is 2.14. The molecule has 1 N–H and O–H groups in total. The Kier molecular flexibility index (Phi) is 7.39. The highest BCUT2D eigenvalue weighted by Gasteiger charge is 1.98. The van der Waals surface area contributed by atoms with E-state index in [1.807, 2.05) is 18.2 Å². The molecular formula is C8H12ClNO5S. The molecule has 1 heterocycles. The van der Waals surface area contributed by atoms with E-state index in [0.29, 0.717) is 5.75 Å². The van der Waals surface area contributed by atoms with Gasteiger partial charge in [0.1, 0.15) is 0 Å². The van der Waals surface area contributed by atoms with Crippen LogP contribution in [0.5, 0.6) is 0 Å². The van der Waals surface area contributed by atoms with Crippen LogP contribution in [-0.4, -0.2) is 25.9 Å². The number of hydrogen-bond acceptors (Lipinski definition) is 6. The lowest BCUT2D eigenvalue weighted by Crippen LogP contribution is -2.58. The quantitative estimate of drug-likeness (QED) is 0.620. The third-order valence-corrected chi connectivity index (χ3v) is 2.15. The highest BCUT2D eigenvalue weighted by atomic mass is 35.7. The van der Waals surface area contributed by atoms with Gasteiger partial charge in [-0.25, -0.2) is 0 Å². The number of halogens is 1. The SMILES string of the molecule is CS(=O)CCc1ccccn1.[O-][Cl+3]([O-])([O-])O. The van der Waals surface area contributed by atoms with Crippen molar-refractivity contribution in [3.05, 3.63) is 30.1 Å². The lowest BCUT2D eigenvalue weighted by Gasteiger charge is -2.03. The van der Waals surface area contributed by atoms with Crippen LogP contribution in [0, 0.1) is 10.2 Å². The molecule has 0 bridgehead atoms. The van der Waals surface area contributed by atoms with Crippen molar-refractivity contribution < 1.29 is 33.1 Å². The second-order valence-electron chi connectivity index (χ2n) is 2.74. The molecule has 92 valence electrons. The van der Waals surface area contributed by atoms with Crippen LogP contribution in [0.1, 0.15) is 5.69 Å². The van der Waals surface area contributed by atoms with Crippen LogP contribution in [0.25, 0.3) is 0 Å². The van der Waals surface area contributed by atoms with E-state index in [2.05, 4.69) is 4.98 Å². The Balaban J connectivity index is 0.000000385. The Labute approximate surface area is 97.8 Å². The summed E-state index contributed by atoms with van der Waals surface area (Å²) in [4.78, 5) is 4.12. The molecule has 1 unspecified atom stereocenters. The zero-order valence-electron chi connectivity index (χ0n) is 8.54. The van der Waals surface area contributed by atoms with E-state index in [4.69, 9.17) is 18.6 Å². The van der Waals surface area contributed by atoms with Gasteiger partial charge in [0.05, 0.1) is 14.9 Å². The molecule has 1 atom stereocenters. The molecule has 0 aliphatic heterocycles. The molecule has 0 amide bonds. The summed E-state index contributed by atoms with van der Waals surface area (Å²) in [6, 6.07) is 5.78. The topological polar surface area (TPSA) is 119 Å². The van der Waals surface area contributed by atoms with E-state index in [-0.39, 0.29) is 0 Å². The van der Waals surface area contributed by atoms with Crippen LogP contribution in [0.3, 0.4) is 0 Å². The third kappa shape index (κ3) is 13.4. The molecule has 0 aliphatic rings. The lowest BCUT2D eigenvalue weighted by molar-refractivity contribution is -1.92. The first-order valence-corrected chi connectivity index (χ1v) is 7.11. The first kappa shape index (κ1) is 15.4. The van der Waals surface area contributed by atoms with Gasteiger partial charge in [-0.2, -0.15) is 14.0 Å². The van der Waals surface area contributed by atoms with Gasteiger partial charge in [-0.05, 0) is 12.1 Å². The molecule has 8 heteroatoms. The summed E-state index contributed by atoms with van der Waals surface area (Å²) in [7, 11) is -5.40. The predicted octanol–water partition coefficient (Wildman–Crippen LogP) is -3.12. The summed E-state index contributed by atoms with van der Waals surface area (Å²) < 4.78 is 43.4. The van der Waals surface area contributed by atoms with Crippen molar-refractivity contribution in [2.45, 2.75) is 6.42 Å². The van der Waals surface area contributed by atoms with Gasteiger partial charge < -0.3 is 0 Å². The van der Waals surface area contributed by atoms with Gasteiger partial charge in [0, 0.05) is 41.1 Å². The van der Waals surface area contributed by atoms with Gasteiger partial charge in [-0.3, -0.25) is 9.19 Å². The summed E-state index contributed by atoms with van der Waals surface area (Å²) in [5.41, 5.74) is 1.02. The van der Waals surface area contributed by atoms with E-state index in [1.54, 1.807) is 12.5 Å². The molecule has 0 spiro atoms. The number of aryl methyl sites for hydroxylation is 1. The normalized spacial score (nSPS) is 12.6. The number of rotatable bonds is 3. The Morgan fingerprint density at radius 1 is 1.44 bits per heavy atom.